The molecule has 0 atom stereocenters. The Morgan fingerprint density at radius 3 is 2.23 bits per heavy atom. The van der Waals surface area contributed by atoms with E-state index in [2.05, 4.69) is 0 Å². The van der Waals surface area contributed by atoms with Crippen LogP contribution in [0.25, 0.3) is 0 Å². The highest BCUT2D eigenvalue weighted by Gasteiger charge is 2.23. The van der Waals surface area contributed by atoms with Crippen LogP contribution in [0.3, 0.4) is 0 Å². The van der Waals surface area contributed by atoms with Gasteiger partial charge in [0.2, 0.25) is 0 Å². The number of hydrogen-bond acceptors (Lipinski definition) is 5. The second-order valence-corrected chi connectivity index (χ2v) is 5.85. The molecule has 22 heavy (non-hydrogen) atoms. The normalized spacial score (nSPS) is 11.6. The van der Waals surface area contributed by atoms with Crippen molar-refractivity contribution in [3.63, 3.8) is 0 Å². The fourth-order valence-corrected chi connectivity index (χ4v) is 2.53. The molecule has 1 heterocycles. The second kappa shape index (κ2) is 6.80. The Balaban J connectivity index is 2.27. The molecule has 0 saturated heterocycles. The highest BCUT2D eigenvalue weighted by molar-refractivity contribution is 7.83. The third kappa shape index (κ3) is 4.22. The number of hydrogen-bond donors (Lipinski definition) is 0. The Morgan fingerprint density at radius 1 is 1.14 bits per heavy atom. The lowest BCUT2D eigenvalue weighted by Gasteiger charge is -2.17. The van der Waals surface area contributed by atoms with E-state index in [9.17, 15) is 12.3 Å². The predicted molar refractivity (Wildman–Crippen MR) is 77.5 cm³/mol. The van der Waals surface area contributed by atoms with Gasteiger partial charge in [0.25, 0.3) is 0 Å². The molecule has 0 N–H and O–H groups in total. The Hall–Kier alpha value is -2.06. The Bertz CT molecular complexity index is 693. The standard InChI is InChI=1S/C14H16FNO5S/c1-19-13-6-11(7-14(8-13)20-2)9-16(22(15,17)18)10-12-4-3-5-21-12/h3-8H,9-10H2,1-2H3. The van der Waals surface area contributed by atoms with Crippen molar-refractivity contribution in [1.82, 2.24) is 4.31 Å². The first-order valence-electron chi connectivity index (χ1n) is 6.36. The van der Waals surface area contributed by atoms with E-state index in [4.69, 9.17) is 13.9 Å². The summed E-state index contributed by atoms with van der Waals surface area (Å²) < 4.78 is 52.1. The number of ether oxygens (including phenoxy) is 2. The van der Waals surface area contributed by atoms with E-state index in [-0.39, 0.29) is 13.1 Å². The van der Waals surface area contributed by atoms with Gasteiger partial charge in [-0.25, -0.2) is 0 Å². The SMILES string of the molecule is COc1cc(CN(Cc2ccco2)S(=O)(=O)F)cc(OC)c1. The minimum Gasteiger partial charge on any atom is -0.497 e. The van der Waals surface area contributed by atoms with Gasteiger partial charge in [-0.3, -0.25) is 0 Å². The zero-order chi connectivity index (χ0) is 16.2. The summed E-state index contributed by atoms with van der Waals surface area (Å²) in [6.45, 7) is -0.377. The van der Waals surface area contributed by atoms with Crippen LogP contribution >= 0.6 is 0 Å². The molecule has 0 aliphatic rings. The van der Waals surface area contributed by atoms with Crippen LogP contribution < -0.4 is 9.47 Å². The van der Waals surface area contributed by atoms with Gasteiger partial charge >= 0.3 is 10.4 Å². The van der Waals surface area contributed by atoms with E-state index >= 15 is 0 Å². The van der Waals surface area contributed by atoms with E-state index in [1.54, 1.807) is 30.3 Å². The Labute approximate surface area is 128 Å². The molecule has 2 aromatic rings. The topological polar surface area (TPSA) is 69.0 Å². The molecule has 6 nitrogen and oxygen atoms in total. The van der Waals surface area contributed by atoms with Crippen LogP contribution in [-0.2, 0) is 23.5 Å². The molecule has 0 bridgehead atoms. The molecule has 1 aromatic carbocycles. The first-order chi connectivity index (χ1) is 10.4. The van der Waals surface area contributed by atoms with E-state index < -0.39 is 10.4 Å². The van der Waals surface area contributed by atoms with Crippen LogP contribution in [0.5, 0.6) is 11.5 Å². The van der Waals surface area contributed by atoms with Gasteiger partial charge in [-0.2, -0.15) is 12.7 Å². The molecule has 0 fully saturated rings. The molecule has 120 valence electrons. The lowest BCUT2D eigenvalue weighted by atomic mass is 10.2. The summed E-state index contributed by atoms with van der Waals surface area (Å²) >= 11 is 0. The molecule has 0 saturated carbocycles. The summed E-state index contributed by atoms with van der Waals surface area (Å²) in [4.78, 5) is 0. The Kier molecular flexibility index (Phi) is 5.04. The second-order valence-electron chi connectivity index (χ2n) is 4.51. The first kappa shape index (κ1) is 16.3. The van der Waals surface area contributed by atoms with Gasteiger partial charge < -0.3 is 13.9 Å². The van der Waals surface area contributed by atoms with E-state index in [1.807, 2.05) is 0 Å². The first-order valence-corrected chi connectivity index (χ1v) is 7.70. The van der Waals surface area contributed by atoms with Crippen molar-refractivity contribution in [3.8, 4) is 11.5 Å². The number of furan rings is 1. The molecule has 2 rings (SSSR count). The highest BCUT2D eigenvalue weighted by atomic mass is 32.3. The molecular weight excluding hydrogens is 313 g/mol. The maximum atomic E-state index is 13.5. The minimum absolute atomic E-state index is 0.174. The van der Waals surface area contributed by atoms with Gasteiger partial charge in [0, 0.05) is 12.6 Å². The molecule has 0 radical (unpaired) electrons. The lowest BCUT2D eigenvalue weighted by molar-refractivity contribution is 0.338. The van der Waals surface area contributed by atoms with Crippen LogP contribution in [-0.4, -0.2) is 26.9 Å². The maximum Gasteiger partial charge on any atom is 0.375 e. The van der Waals surface area contributed by atoms with E-state index in [0.29, 0.717) is 27.1 Å². The van der Waals surface area contributed by atoms with Crippen molar-refractivity contribution in [1.29, 1.82) is 0 Å². The number of nitrogens with zero attached hydrogens (tertiary/aromatic N) is 1. The van der Waals surface area contributed by atoms with Gasteiger partial charge in [0.1, 0.15) is 17.3 Å². The van der Waals surface area contributed by atoms with Gasteiger partial charge in [0.05, 0.1) is 27.0 Å². The Morgan fingerprint density at radius 2 is 1.77 bits per heavy atom. The quantitative estimate of drug-likeness (QED) is 0.730. The minimum atomic E-state index is -4.89. The van der Waals surface area contributed by atoms with E-state index in [0.717, 1.165) is 0 Å². The lowest BCUT2D eigenvalue weighted by Crippen LogP contribution is -2.26. The van der Waals surface area contributed by atoms with Crippen molar-refractivity contribution >= 4 is 10.4 Å². The molecule has 0 aliphatic carbocycles. The number of methoxy groups -OCH3 is 2. The van der Waals surface area contributed by atoms with Crippen LogP contribution in [0.2, 0.25) is 0 Å². The van der Waals surface area contributed by atoms with Gasteiger partial charge in [-0.1, -0.05) is 3.89 Å². The average molecular weight is 329 g/mol. The summed E-state index contributed by atoms with van der Waals surface area (Å²) in [6, 6.07) is 8.05. The number of halogens is 1. The third-order valence-electron chi connectivity index (χ3n) is 2.99. The van der Waals surface area contributed by atoms with E-state index in [1.165, 1.54) is 20.5 Å². The maximum absolute atomic E-state index is 13.5. The number of benzene rings is 1. The van der Waals surface area contributed by atoms with Crippen LogP contribution in [0.1, 0.15) is 11.3 Å². The van der Waals surface area contributed by atoms with Crippen LogP contribution in [0.4, 0.5) is 3.89 Å². The summed E-state index contributed by atoms with van der Waals surface area (Å²) in [5.41, 5.74) is 0.531. The van der Waals surface area contributed by atoms with Crippen molar-refractivity contribution in [2.24, 2.45) is 0 Å². The summed E-state index contributed by atoms with van der Waals surface area (Å²) in [7, 11) is -1.93. The average Bonchev–Trinajstić information content (AvgIpc) is 2.98. The smallest absolute Gasteiger partial charge is 0.375 e. The van der Waals surface area contributed by atoms with Crippen molar-refractivity contribution in [2.75, 3.05) is 14.2 Å². The summed E-state index contributed by atoms with van der Waals surface area (Å²) in [5.74, 6) is 1.32. The van der Waals surface area contributed by atoms with Gasteiger partial charge in [-0.05, 0) is 29.8 Å². The molecule has 0 aliphatic heterocycles. The molecule has 0 amide bonds. The summed E-state index contributed by atoms with van der Waals surface area (Å²) in [5, 5.41) is 0. The molecule has 8 heteroatoms. The largest absolute Gasteiger partial charge is 0.497 e. The monoisotopic (exact) mass is 329 g/mol. The zero-order valence-electron chi connectivity index (χ0n) is 12.2. The van der Waals surface area contributed by atoms with Gasteiger partial charge in [-0.15, -0.1) is 0 Å². The highest BCUT2D eigenvalue weighted by Crippen LogP contribution is 2.25. The third-order valence-corrected chi connectivity index (χ3v) is 3.87. The van der Waals surface area contributed by atoms with Gasteiger partial charge in [0.15, 0.2) is 0 Å². The van der Waals surface area contributed by atoms with Crippen LogP contribution in [0, 0.1) is 0 Å². The van der Waals surface area contributed by atoms with Crippen molar-refractivity contribution in [2.45, 2.75) is 13.1 Å². The zero-order valence-corrected chi connectivity index (χ0v) is 13.0. The van der Waals surface area contributed by atoms with Crippen molar-refractivity contribution < 1.29 is 26.2 Å². The molecular formula is C14H16FNO5S. The predicted octanol–water partition coefficient (Wildman–Crippen LogP) is 2.51. The summed E-state index contributed by atoms with van der Waals surface area (Å²) in [6.07, 6.45) is 1.40. The molecule has 1 aromatic heterocycles. The van der Waals surface area contributed by atoms with Crippen molar-refractivity contribution in [3.05, 3.63) is 47.9 Å². The van der Waals surface area contributed by atoms with Crippen LogP contribution in [0.15, 0.2) is 41.0 Å². The number of rotatable bonds is 7. The fourth-order valence-electron chi connectivity index (χ4n) is 1.95. The fraction of sp³-hybridized carbons (Fsp3) is 0.286. The molecule has 0 unspecified atom stereocenters. The molecule has 0 spiro atoms.